The number of aromatic nitrogens is 2. The molecule has 2 heterocycles. The second kappa shape index (κ2) is 15.2. The molecule has 8 aromatic rings. The van der Waals surface area contributed by atoms with E-state index in [1.165, 1.54) is 11.1 Å². The van der Waals surface area contributed by atoms with Gasteiger partial charge >= 0.3 is 0 Å². The molecule has 0 aliphatic carbocycles. The molecule has 2 aromatic heterocycles. The van der Waals surface area contributed by atoms with Gasteiger partial charge in [-0.05, 0) is 63.4 Å². The summed E-state index contributed by atoms with van der Waals surface area (Å²) >= 11 is 0. The first-order chi connectivity index (χ1) is 25.3. The SMILES string of the molecule is CC(C)(C)c1cc(-c2cc(-c3ccccc3)ccn2)[c-]c(-c2cccc3oc(-c4cc(Cc5ccccc5)cc(Cc5ccccc5)c4O)nc23)c1.[Pt]. The van der Waals surface area contributed by atoms with Gasteiger partial charge in [0.15, 0.2) is 0 Å². The molecular weight excluding hydrogens is 832 g/mol. The van der Waals surface area contributed by atoms with Crippen molar-refractivity contribution in [1.29, 1.82) is 0 Å². The van der Waals surface area contributed by atoms with Crippen LogP contribution < -0.4 is 0 Å². The minimum Gasteiger partial charge on any atom is -0.507 e. The number of pyridine rings is 1. The van der Waals surface area contributed by atoms with Crippen LogP contribution >= 0.6 is 0 Å². The van der Waals surface area contributed by atoms with Crippen LogP contribution in [0.5, 0.6) is 5.75 Å². The maximum absolute atomic E-state index is 11.8. The number of aromatic hydroxyl groups is 1. The normalized spacial score (nSPS) is 11.4. The number of hydrogen-bond acceptors (Lipinski definition) is 4. The fourth-order valence-electron chi connectivity index (χ4n) is 6.76. The second-order valence-corrected chi connectivity index (χ2v) is 14.4. The number of para-hydroxylation sites is 1. The van der Waals surface area contributed by atoms with Crippen LogP contribution in [0.1, 0.15) is 48.6 Å². The third-order valence-electron chi connectivity index (χ3n) is 9.55. The van der Waals surface area contributed by atoms with E-state index < -0.39 is 0 Å². The standard InChI is InChI=1S/C48H39N2O2.Pt/c1-48(2,3)40-29-37(28-38(30-40)43-31-36(22-23-49-43)35-18-11-6-12-19-35)41-20-13-21-44-45(41)50-47(52-44)42-27-34(24-32-14-7-4-8-15-32)26-39(46(42)51)25-33-16-9-5-10-17-33;/h4-23,26-27,29-31,51H,24-25H2,1-3H3;/q-1;. The van der Waals surface area contributed by atoms with Crippen LogP contribution in [0.3, 0.4) is 0 Å². The van der Waals surface area contributed by atoms with Gasteiger partial charge in [0.25, 0.3) is 0 Å². The quantitative estimate of drug-likeness (QED) is 0.155. The Hall–Kier alpha value is -5.57. The summed E-state index contributed by atoms with van der Waals surface area (Å²) in [6.07, 6.45) is 3.17. The van der Waals surface area contributed by atoms with Gasteiger partial charge < -0.3 is 9.52 Å². The average molecular weight is 871 g/mol. The summed E-state index contributed by atoms with van der Waals surface area (Å²) in [6.45, 7) is 6.66. The van der Waals surface area contributed by atoms with Crippen LogP contribution in [0.25, 0.3) is 56.1 Å². The van der Waals surface area contributed by atoms with Gasteiger partial charge in [-0.1, -0.05) is 147 Å². The molecular formula is C48H39N2O2Pt-. The van der Waals surface area contributed by atoms with E-state index in [2.05, 4.69) is 118 Å². The fourth-order valence-corrected chi connectivity index (χ4v) is 6.76. The summed E-state index contributed by atoms with van der Waals surface area (Å²) in [4.78, 5) is 9.89. The van der Waals surface area contributed by atoms with Crippen LogP contribution in [-0.2, 0) is 39.3 Å². The largest absolute Gasteiger partial charge is 0.507 e. The Bertz CT molecular complexity index is 2500. The van der Waals surface area contributed by atoms with Crippen molar-refractivity contribution < 1.29 is 30.6 Å². The Balaban J connectivity index is 0.00000435. The van der Waals surface area contributed by atoms with Gasteiger partial charge in [-0.25, -0.2) is 4.98 Å². The van der Waals surface area contributed by atoms with Gasteiger partial charge in [-0.3, -0.25) is 4.98 Å². The van der Waals surface area contributed by atoms with E-state index in [9.17, 15) is 5.11 Å². The zero-order valence-corrected chi connectivity index (χ0v) is 32.2. The van der Waals surface area contributed by atoms with E-state index in [1.54, 1.807) is 0 Å². The first-order valence-corrected chi connectivity index (χ1v) is 17.7. The van der Waals surface area contributed by atoms with Gasteiger partial charge in [-0.15, -0.1) is 29.3 Å². The Morgan fingerprint density at radius 2 is 1.28 bits per heavy atom. The average Bonchev–Trinajstić information content (AvgIpc) is 3.61. The van der Waals surface area contributed by atoms with Gasteiger partial charge in [0.05, 0.1) is 11.1 Å². The van der Waals surface area contributed by atoms with Crippen LogP contribution in [0, 0.1) is 6.07 Å². The summed E-state index contributed by atoms with van der Waals surface area (Å²) in [5.41, 5.74) is 13.0. The summed E-state index contributed by atoms with van der Waals surface area (Å²) in [7, 11) is 0. The van der Waals surface area contributed by atoms with Crippen molar-refractivity contribution in [2.24, 2.45) is 0 Å². The first kappa shape index (κ1) is 35.8. The Kier molecular flexibility index (Phi) is 10.3. The Morgan fingerprint density at radius 3 is 1.98 bits per heavy atom. The summed E-state index contributed by atoms with van der Waals surface area (Å²) in [5.74, 6) is 0.565. The molecule has 0 saturated carbocycles. The maximum Gasteiger partial charge on any atom is 0.230 e. The molecule has 0 spiro atoms. The van der Waals surface area contributed by atoms with Crippen LogP contribution in [0.4, 0.5) is 0 Å². The number of nitrogens with zero attached hydrogens (tertiary/aromatic N) is 2. The van der Waals surface area contributed by atoms with E-state index in [0.29, 0.717) is 29.0 Å². The van der Waals surface area contributed by atoms with Gasteiger partial charge in [0.1, 0.15) is 11.3 Å². The zero-order valence-electron chi connectivity index (χ0n) is 29.9. The van der Waals surface area contributed by atoms with Crippen molar-refractivity contribution >= 4 is 11.1 Å². The van der Waals surface area contributed by atoms with E-state index in [-0.39, 0.29) is 32.2 Å². The molecule has 0 unspecified atom stereocenters. The Labute approximate surface area is 325 Å². The van der Waals surface area contributed by atoms with Crippen molar-refractivity contribution in [1.82, 2.24) is 9.97 Å². The number of rotatable bonds is 8. The molecule has 53 heavy (non-hydrogen) atoms. The molecule has 0 saturated heterocycles. The number of phenols is 1. The molecule has 264 valence electrons. The summed E-state index contributed by atoms with van der Waals surface area (Å²) < 4.78 is 6.49. The topological polar surface area (TPSA) is 59.2 Å². The second-order valence-electron chi connectivity index (χ2n) is 14.4. The van der Waals surface area contributed by atoms with Gasteiger partial charge in [0, 0.05) is 39.4 Å². The number of phenolic OH excluding ortho intramolecular Hbond substituents is 1. The van der Waals surface area contributed by atoms with Crippen molar-refractivity contribution in [3.63, 3.8) is 0 Å². The van der Waals surface area contributed by atoms with Crippen LogP contribution in [-0.4, -0.2) is 15.1 Å². The van der Waals surface area contributed by atoms with Crippen LogP contribution in [0.2, 0.25) is 0 Å². The smallest absolute Gasteiger partial charge is 0.230 e. The van der Waals surface area contributed by atoms with Crippen LogP contribution in [0.15, 0.2) is 156 Å². The molecule has 0 atom stereocenters. The van der Waals surface area contributed by atoms with Crippen molar-refractivity contribution in [2.45, 2.75) is 39.0 Å². The number of fused-ring (bicyclic) bond motifs is 1. The van der Waals surface area contributed by atoms with E-state index in [4.69, 9.17) is 14.4 Å². The summed E-state index contributed by atoms with van der Waals surface area (Å²) in [6, 6.07) is 53.3. The predicted molar refractivity (Wildman–Crippen MR) is 211 cm³/mol. The van der Waals surface area contributed by atoms with Gasteiger partial charge in [0.2, 0.25) is 5.89 Å². The molecule has 1 N–H and O–H groups in total. The Morgan fingerprint density at radius 1 is 0.623 bits per heavy atom. The molecule has 5 heteroatoms. The number of benzene rings is 6. The molecule has 8 rings (SSSR count). The molecule has 0 amide bonds. The molecule has 0 bridgehead atoms. The molecule has 0 radical (unpaired) electrons. The van der Waals surface area contributed by atoms with Gasteiger partial charge in [-0.2, -0.15) is 0 Å². The van der Waals surface area contributed by atoms with Crippen molar-refractivity contribution in [3.8, 4) is 50.7 Å². The van der Waals surface area contributed by atoms with E-state index in [0.717, 1.165) is 56.6 Å². The molecule has 0 aliphatic heterocycles. The predicted octanol–water partition coefficient (Wildman–Crippen LogP) is 11.9. The minimum absolute atomic E-state index is 0. The zero-order chi connectivity index (χ0) is 35.7. The molecule has 4 nitrogen and oxygen atoms in total. The first-order valence-electron chi connectivity index (χ1n) is 17.7. The molecule has 0 aliphatic rings. The maximum atomic E-state index is 11.8. The van der Waals surface area contributed by atoms with Crippen molar-refractivity contribution in [2.75, 3.05) is 0 Å². The number of oxazole rings is 1. The number of hydrogen-bond donors (Lipinski definition) is 1. The molecule has 0 fully saturated rings. The third kappa shape index (κ3) is 7.80. The van der Waals surface area contributed by atoms with E-state index >= 15 is 0 Å². The fraction of sp³-hybridized carbons (Fsp3) is 0.125. The van der Waals surface area contributed by atoms with E-state index in [1.807, 2.05) is 60.8 Å². The third-order valence-corrected chi connectivity index (χ3v) is 9.55. The monoisotopic (exact) mass is 870 g/mol. The van der Waals surface area contributed by atoms with Crippen molar-refractivity contribution in [3.05, 3.63) is 186 Å². The molecule has 6 aromatic carbocycles. The minimum atomic E-state index is -0.126. The summed E-state index contributed by atoms with van der Waals surface area (Å²) in [5, 5.41) is 11.8.